The first-order valence-corrected chi connectivity index (χ1v) is 7.70. The van der Waals surface area contributed by atoms with E-state index in [1.165, 1.54) is 18.4 Å². The minimum absolute atomic E-state index is 0.582. The van der Waals surface area contributed by atoms with E-state index >= 15 is 0 Å². The van der Waals surface area contributed by atoms with Gasteiger partial charge in [-0.1, -0.05) is 30.3 Å². The molecule has 0 atom stereocenters. The van der Waals surface area contributed by atoms with Gasteiger partial charge in [0, 0.05) is 37.3 Å². The molecule has 3 nitrogen and oxygen atoms in total. The Morgan fingerprint density at radius 2 is 2.00 bits per heavy atom. The zero-order valence-electron chi connectivity index (χ0n) is 11.0. The Morgan fingerprint density at radius 1 is 1.21 bits per heavy atom. The van der Waals surface area contributed by atoms with Crippen LogP contribution in [0.25, 0.3) is 0 Å². The number of nitrogens with zero attached hydrogens (tertiary/aromatic N) is 2. The fourth-order valence-corrected chi connectivity index (χ4v) is 3.15. The molecule has 0 bridgehead atoms. The molecule has 100 valence electrons. The fraction of sp³-hybridized carbons (Fsp3) is 0.400. The van der Waals surface area contributed by atoms with Crippen molar-refractivity contribution in [3.05, 3.63) is 47.5 Å². The van der Waals surface area contributed by atoms with Crippen LogP contribution in [0.15, 0.2) is 41.9 Å². The highest BCUT2D eigenvalue weighted by atomic mass is 32.1. The summed E-state index contributed by atoms with van der Waals surface area (Å²) in [4.78, 5) is 6.83. The lowest BCUT2D eigenvalue weighted by Gasteiger charge is -2.32. The van der Waals surface area contributed by atoms with Crippen molar-refractivity contribution < 1.29 is 0 Å². The van der Waals surface area contributed by atoms with E-state index in [-0.39, 0.29) is 0 Å². The lowest BCUT2D eigenvalue weighted by Crippen LogP contribution is -2.38. The average molecular weight is 273 g/mol. The number of aromatic nitrogens is 1. The molecule has 0 saturated carbocycles. The van der Waals surface area contributed by atoms with Gasteiger partial charge in [-0.05, 0) is 18.4 Å². The number of benzene rings is 1. The van der Waals surface area contributed by atoms with Crippen LogP contribution in [0.3, 0.4) is 0 Å². The minimum atomic E-state index is 0.582. The molecule has 2 aromatic rings. The molecule has 2 heterocycles. The van der Waals surface area contributed by atoms with Crippen molar-refractivity contribution >= 4 is 16.5 Å². The first-order chi connectivity index (χ1) is 9.40. The Hall–Kier alpha value is -1.39. The Balaban J connectivity index is 1.47. The van der Waals surface area contributed by atoms with E-state index in [1.54, 1.807) is 11.3 Å². The Kier molecular flexibility index (Phi) is 4.10. The van der Waals surface area contributed by atoms with Gasteiger partial charge in [0.25, 0.3) is 0 Å². The first-order valence-electron chi connectivity index (χ1n) is 6.82. The van der Waals surface area contributed by atoms with Crippen molar-refractivity contribution in [1.82, 2.24) is 9.88 Å². The lowest BCUT2D eigenvalue weighted by atomic mass is 10.0. The maximum absolute atomic E-state index is 4.29. The summed E-state index contributed by atoms with van der Waals surface area (Å²) in [7, 11) is 0. The number of rotatable bonds is 4. The minimum Gasteiger partial charge on any atom is -0.359 e. The lowest BCUT2D eigenvalue weighted by molar-refractivity contribution is 0.211. The van der Waals surface area contributed by atoms with Gasteiger partial charge in [0.15, 0.2) is 5.13 Å². The third-order valence-corrected chi connectivity index (χ3v) is 4.30. The van der Waals surface area contributed by atoms with Crippen LogP contribution < -0.4 is 5.32 Å². The summed E-state index contributed by atoms with van der Waals surface area (Å²) in [6.07, 6.45) is 4.26. The van der Waals surface area contributed by atoms with Crippen molar-refractivity contribution in [2.24, 2.45) is 0 Å². The predicted molar refractivity (Wildman–Crippen MR) is 80.5 cm³/mol. The number of piperidine rings is 1. The Morgan fingerprint density at radius 3 is 2.68 bits per heavy atom. The molecule has 1 saturated heterocycles. The second-order valence-electron chi connectivity index (χ2n) is 5.02. The molecule has 1 aromatic carbocycles. The Bertz CT molecular complexity index is 475. The van der Waals surface area contributed by atoms with E-state index in [2.05, 4.69) is 45.5 Å². The van der Waals surface area contributed by atoms with Gasteiger partial charge in [-0.2, -0.15) is 0 Å². The van der Waals surface area contributed by atoms with Crippen LogP contribution >= 0.6 is 11.3 Å². The molecule has 1 N–H and O–H groups in total. The summed E-state index contributed by atoms with van der Waals surface area (Å²) < 4.78 is 0. The number of hydrogen-bond acceptors (Lipinski definition) is 4. The molecule has 0 aliphatic carbocycles. The van der Waals surface area contributed by atoms with Gasteiger partial charge in [-0.3, -0.25) is 4.90 Å². The molecule has 4 heteroatoms. The maximum atomic E-state index is 4.29. The highest BCUT2D eigenvalue weighted by Gasteiger charge is 2.19. The van der Waals surface area contributed by atoms with E-state index in [0.29, 0.717) is 6.04 Å². The summed E-state index contributed by atoms with van der Waals surface area (Å²) in [5.74, 6) is 0. The van der Waals surface area contributed by atoms with Gasteiger partial charge in [0.05, 0.1) is 0 Å². The van der Waals surface area contributed by atoms with Crippen LogP contribution in [-0.4, -0.2) is 29.0 Å². The van der Waals surface area contributed by atoms with Gasteiger partial charge in [-0.15, -0.1) is 11.3 Å². The van der Waals surface area contributed by atoms with Crippen molar-refractivity contribution in [2.45, 2.75) is 25.4 Å². The quantitative estimate of drug-likeness (QED) is 0.927. The van der Waals surface area contributed by atoms with Gasteiger partial charge in [0.2, 0.25) is 0 Å². The van der Waals surface area contributed by atoms with Gasteiger partial charge >= 0.3 is 0 Å². The molecule has 19 heavy (non-hydrogen) atoms. The van der Waals surface area contributed by atoms with E-state index in [1.807, 2.05) is 11.6 Å². The molecular weight excluding hydrogens is 254 g/mol. The van der Waals surface area contributed by atoms with E-state index in [9.17, 15) is 0 Å². The van der Waals surface area contributed by atoms with E-state index in [4.69, 9.17) is 0 Å². The largest absolute Gasteiger partial charge is 0.359 e. The smallest absolute Gasteiger partial charge is 0.182 e. The molecule has 1 aliphatic heterocycles. The van der Waals surface area contributed by atoms with E-state index in [0.717, 1.165) is 24.8 Å². The predicted octanol–water partition coefficient (Wildman–Crippen LogP) is 3.22. The normalized spacial score (nSPS) is 17.5. The standard InChI is InChI=1S/C15H19N3S/c1-2-4-13(5-3-1)12-18-9-6-14(7-10-18)17-15-16-8-11-19-15/h1-5,8,11,14H,6-7,9-10,12H2,(H,16,17). The van der Waals surface area contributed by atoms with Gasteiger partial charge in [-0.25, -0.2) is 4.98 Å². The topological polar surface area (TPSA) is 28.2 Å². The summed E-state index contributed by atoms with van der Waals surface area (Å²) in [5.41, 5.74) is 1.41. The molecule has 0 radical (unpaired) electrons. The second-order valence-corrected chi connectivity index (χ2v) is 5.91. The van der Waals surface area contributed by atoms with Crippen LogP contribution in [0.1, 0.15) is 18.4 Å². The molecule has 0 amide bonds. The summed E-state index contributed by atoms with van der Waals surface area (Å²) >= 11 is 1.68. The molecule has 1 aliphatic rings. The zero-order valence-corrected chi connectivity index (χ0v) is 11.8. The zero-order chi connectivity index (χ0) is 12.9. The van der Waals surface area contributed by atoms with Crippen molar-refractivity contribution in [2.75, 3.05) is 18.4 Å². The number of thiazole rings is 1. The third-order valence-electron chi connectivity index (χ3n) is 3.60. The van der Waals surface area contributed by atoms with Crippen LogP contribution in [0.4, 0.5) is 5.13 Å². The number of nitrogens with one attached hydrogen (secondary N) is 1. The highest BCUT2D eigenvalue weighted by molar-refractivity contribution is 7.13. The van der Waals surface area contributed by atoms with Crippen molar-refractivity contribution in [3.63, 3.8) is 0 Å². The molecule has 1 aromatic heterocycles. The molecular formula is C15H19N3S. The molecule has 3 rings (SSSR count). The van der Waals surface area contributed by atoms with Crippen LogP contribution in [0.2, 0.25) is 0 Å². The van der Waals surface area contributed by atoms with Crippen molar-refractivity contribution in [3.8, 4) is 0 Å². The highest BCUT2D eigenvalue weighted by Crippen LogP contribution is 2.19. The summed E-state index contributed by atoms with van der Waals surface area (Å²) in [6.45, 7) is 3.40. The van der Waals surface area contributed by atoms with Gasteiger partial charge < -0.3 is 5.32 Å². The molecule has 0 unspecified atom stereocenters. The summed E-state index contributed by atoms with van der Waals surface area (Å²) in [5, 5.41) is 6.60. The first kappa shape index (κ1) is 12.6. The summed E-state index contributed by atoms with van der Waals surface area (Å²) in [6, 6.07) is 11.3. The number of anilines is 1. The third kappa shape index (κ3) is 3.55. The fourth-order valence-electron chi connectivity index (χ4n) is 2.55. The average Bonchev–Trinajstić information content (AvgIpc) is 2.95. The van der Waals surface area contributed by atoms with Crippen LogP contribution in [0.5, 0.6) is 0 Å². The van der Waals surface area contributed by atoms with Crippen LogP contribution in [-0.2, 0) is 6.54 Å². The van der Waals surface area contributed by atoms with Crippen LogP contribution in [0, 0.1) is 0 Å². The van der Waals surface area contributed by atoms with E-state index < -0.39 is 0 Å². The maximum Gasteiger partial charge on any atom is 0.182 e. The molecule has 1 fully saturated rings. The number of hydrogen-bond donors (Lipinski definition) is 1. The molecule has 0 spiro atoms. The Labute approximate surface area is 118 Å². The monoisotopic (exact) mass is 273 g/mol. The van der Waals surface area contributed by atoms with Gasteiger partial charge in [0.1, 0.15) is 0 Å². The van der Waals surface area contributed by atoms with Crippen molar-refractivity contribution in [1.29, 1.82) is 0 Å². The second kappa shape index (κ2) is 6.17. The number of likely N-dealkylation sites (tertiary alicyclic amines) is 1. The SMILES string of the molecule is c1ccc(CN2CCC(Nc3nccs3)CC2)cc1.